The second kappa shape index (κ2) is 26.1. The molecule has 0 bridgehead atoms. The van der Waals surface area contributed by atoms with Crippen molar-refractivity contribution in [3.8, 4) is 5.75 Å². The molecule has 0 saturated heterocycles. The quantitative estimate of drug-likeness (QED) is 0.0598. The number of hydrogen-bond donors (Lipinski definition) is 13. The van der Waals surface area contributed by atoms with Crippen LogP contribution in [0.4, 0.5) is 0 Å². The maximum Gasteiger partial charge on any atom is 0.246 e. The summed E-state index contributed by atoms with van der Waals surface area (Å²) in [5, 5.41) is 48.3. The van der Waals surface area contributed by atoms with Crippen LogP contribution in [0.5, 0.6) is 5.75 Å². The second-order valence-corrected chi connectivity index (χ2v) is 16.3. The molecular formula is C42H68N10O11. The third kappa shape index (κ3) is 17.6. The first-order valence-electron chi connectivity index (χ1n) is 21.2. The Balaban J connectivity index is 2.53. The first-order valence-corrected chi connectivity index (χ1v) is 21.2. The van der Waals surface area contributed by atoms with Crippen LogP contribution < -0.4 is 54.4 Å². The van der Waals surface area contributed by atoms with Gasteiger partial charge in [-0.05, 0) is 116 Å². The molecule has 63 heavy (non-hydrogen) atoms. The van der Waals surface area contributed by atoms with Crippen molar-refractivity contribution in [1.82, 2.24) is 37.2 Å². The number of rotatable bonds is 16. The number of phenolic OH excluding ortho intramolecular Hbond substituents is 1. The van der Waals surface area contributed by atoms with E-state index in [1.54, 1.807) is 12.1 Å². The van der Waals surface area contributed by atoms with Crippen molar-refractivity contribution in [3.63, 3.8) is 0 Å². The lowest BCUT2D eigenvalue weighted by Crippen LogP contribution is -2.65. The summed E-state index contributed by atoms with van der Waals surface area (Å²) in [6.07, 6.45) is 4.26. The van der Waals surface area contributed by atoms with Gasteiger partial charge in [-0.25, -0.2) is 0 Å². The van der Waals surface area contributed by atoms with Crippen LogP contribution in [0.15, 0.2) is 36.4 Å². The normalized spacial score (nSPS) is 25.2. The number of aromatic hydroxyl groups is 1. The van der Waals surface area contributed by atoms with Crippen molar-refractivity contribution in [2.45, 2.75) is 145 Å². The minimum Gasteiger partial charge on any atom is -0.508 e. The van der Waals surface area contributed by atoms with Gasteiger partial charge in [-0.1, -0.05) is 24.3 Å². The Morgan fingerprint density at radius 3 is 2.08 bits per heavy atom. The molecule has 0 radical (unpaired) electrons. The monoisotopic (exact) mass is 889 g/mol. The molecule has 21 heteroatoms. The Labute approximate surface area is 367 Å². The summed E-state index contributed by atoms with van der Waals surface area (Å²) in [5.41, 5.74) is 14.7. The van der Waals surface area contributed by atoms with Gasteiger partial charge in [0.1, 0.15) is 41.0 Å². The third-order valence-corrected chi connectivity index (χ3v) is 10.8. The number of benzene rings is 1. The molecule has 2 rings (SSSR count). The molecule has 1 aromatic carbocycles. The van der Waals surface area contributed by atoms with Crippen LogP contribution >= 0.6 is 0 Å². The van der Waals surface area contributed by atoms with Crippen LogP contribution in [-0.2, 0) is 44.8 Å². The number of nitrogens with two attached hydrogens (primary N) is 3. The highest BCUT2D eigenvalue weighted by Gasteiger charge is 2.41. The average Bonchev–Trinajstić information content (AvgIpc) is 3.23. The van der Waals surface area contributed by atoms with Crippen molar-refractivity contribution in [1.29, 1.82) is 0 Å². The van der Waals surface area contributed by atoms with E-state index in [-0.39, 0.29) is 37.9 Å². The SMILES string of the molecule is CNC(=O)[C@]1(C)CCC/C=C/CCC[C@](C)(NC(=O)[C@H](CCCCN)NC(=O)[C@@H](N)Cc2ccc(O)cc2)C(=O)N[C@@H]([C@@H](C)O)C(=O)N[C@@H](CCC(N)=O)C(=O)N[C@@H](CO)C(=O)N1. The van der Waals surface area contributed by atoms with Crippen molar-refractivity contribution < 1.29 is 53.7 Å². The van der Waals surface area contributed by atoms with E-state index in [1.807, 2.05) is 12.2 Å². The summed E-state index contributed by atoms with van der Waals surface area (Å²) in [6, 6.07) is -1.06. The lowest BCUT2D eigenvalue weighted by atomic mass is 9.91. The minimum absolute atomic E-state index is 0.000140. The van der Waals surface area contributed by atoms with Gasteiger partial charge in [-0.15, -0.1) is 0 Å². The van der Waals surface area contributed by atoms with Gasteiger partial charge in [0.15, 0.2) is 0 Å². The first-order chi connectivity index (χ1) is 29.7. The molecule has 1 aromatic rings. The molecule has 0 spiro atoms. The summed E-state index contributed by atoms with van der Waals surface area (Å²) >= 11 is 0. The molecule has 1 aliphatic rings. The van der Waals surface area contributed by atoms with Gasteiger partial charge in [0.2, 0.25) is 47.3 Å². The fourth-order valence-corrected chi connectivity index (χ4v) is 6.85. The van der Waals surface area contributed by atoms with Crippen LogP contribution in [0.3, 0.4) is 0 Å². The number of allylic oxidation sites excluding steroid dienone is 2. The summed E-state index contributed by atoms with van der Waals surface area (Å²) in [6.45, 7) is 3.51. The highest BCUT2D eigenvalue weighted by molar-refractivity contribution is 5.99. The zero-order valence-corrected chi connectivity index (χ0v) is 36.7. The number of hydrogen-bond acceptors (Lipinski definition) is 13. The van der Waals surface area contributed by atoms with E-state index in [1.165, 1.54) is 40.0 Å². The molecule has 8 atom stereocenters. The lowest BCUT2D eigenvalue weighted by Gasteiger charge is -2.34. The van der Waals surface area contributed by atoms with Crippen molar-refractivity contribution in [3.05, 3.63) is 42.0 Å². The van der Waals surface area contributed by atoms with E-state index < -0.39 is 108 Å². The molecule has 21 nitrogen and oxygen atoms in total. The molecule has 1 aliphatic heterocycles. The van der Waals surface area contributed by atoms with Gasteiger partial charge in [0.25, 0.3) is 0 Å². The number of aliphatic hydroxyl groups excluding tert-OH is 2. The number of amides is 8. The van der Waals surface area contributed by atoms with E-state index in [2.05, 4.69) is 37.2 Å². The Kier molecular flexibility index (Phi) is 22.2. The zero-order valence-electron chi connectivity index (χ0n) is 36.7. The van der Waals surface area contributed by atoms with Gasteiger partial charge >= 0.3 is 0 Å². The Hall–Kier alpha value is -5.64. The van der Waals surface area contributed by atoms with E-state index in [0.29, 0.717) is 50.6 Å². The maximum atomic E-state index is 14.3. The van der Waals surface area contributed by atoms with Crippen LogP contribution in [0.2, 0.25) is 0 Å². The molecule has 8 amide bonds. The number of nitrogens with one attached hydrogen (secondary N) is 7. The summed E-state index contributed by atoms with van der Waals surface area (Å²) in [7, 11) is 1.39. The Morgan fingerprint density at radius 1 is 0.889 bits per heavy atom. The number of unbranched alkanes of at least 4 members (excludes halogenated alkanes) is 1. The maximum absolute atomic E-state index is 14.3. The number of likely N-dealkylation sites (N-methyl/N-ethyl adjacent to an activating group) is 1. The molecule has 352 valence electrons. The predicted octanol–water partition coefficient (Wildman–Crippen LogP) is -2.63. The van der Waals surface area contributed by atoms with Crippen LogP contribution in [0, 0.1) is 0 Å². The predicted molar refractivity (Wildman–Crippen MR) is 232 cm³/mol. The molecule has 0 saturated carbocycles. The van der Waals surface area contributed by atoms with Gasteiger partial charge in [0.05, 0.1) is 18.8 Å². The fourth-order valence-electron chi connectivity index (χ4n) is 6.85. The van der Waals surface area contributed by atoms with Crippen molar-refractivity contribution in [2.75, 3.05) is 20.2 Å². The van der Waals surface area contributed by atoms with Gasteiger partial charge in [-0.2, -0.15) is 0 Å². The highest BCUT2D eigenvalue weighted by atomic mass is 16.3. The standard InChI is InChI=1S/C42H68N10O11/c1-25(54)33-38(61)48-30(18-19-32(45)56)35(58)49-31(24-53)37(60)52-41(2,39(62)46-4)20-10-7-5-6-8-11-21-42(3,40(63)50-33)51-36(59)29(13-9-12-22-43)47-34(57)28(44)23-26-14-16-27(55)17-15-26/h5-6,14-17,25,28-31,33,53-55H,7-13,18-24,43-44H2,1-4H3,(H2,45,56)(H,46,62)(H,47,57)(H,48,61)(H,49,58)(H,50,63)(H,51,59)(H,52,60)/b6-5+/t25-,28+,29+,30+,31+,33+,41+,42+/m1/s1. The van der Waals surface area contributed by atoms with Gasteiger partial charge in [0, 0.05) is 13.5 Å². The number of carbonyl (C=O) groups excluding carboxylic acids is 8. The van der Waals surface area contributed by atoms with Crippen LogP contribution in [0.25, 0.3) is 0 Å². The number of primary amides is 1. The molecular weight excluding hydrogens is 821 g/mol. The van der Waals surface area contributed by atoms with Crippen LogP contribution in [0.1, 0.15) is 97.0 Å². The van der Waals surface area contributed by atoms with Crippen LogP contribution in [-0.4, -0.2) is 130 Å². The van der Waals surface area contributed by atoms with Crippen molar-refractivity contribution in [2.24, 2.45) is 17.2 Å². The molecule has 16 N–H and O–H groups in total. The van der Waals surface area contributed by atoms with E-state index >= 15 is 0 Å². The largest absolute Gasteiger partial charge is 0.508 e. The molecule has 0 aliphatic carbocycles. The van der Waals surface area contributed by atoms with Gasteiger partial charge < -0.3 is 69.7 Å². The molecule has 1 heterocycles. The van der Waals surface area contributed by atoms with E-state index in [9.17, 15) is 53.7 Å². The summed E-state index contributed by atoms with van der Waals surface area (Å²) in [5.74, 6) is -6.65. The minimum atomic E-state index is -1.76. The fraction of sp³-hybridized carbons (Fsp3) is 0.619. The Bertz CT molecular complexity index is 1760. The number of aliphatic hydroxyl groups is 2. The molecule has 0 unspecified atom stereocenters. The Morgan fingerprint density at radius 2 is 1.51 bits per heavy atom. The average molecular weight is 889 g/mol. The number of phenols is 1. The second-order valence-electron chi connectivity index (χ2n) is 16.3. The number of carbonyl (C=O) groups is 8. The third-order valence-electron chi connectivity index (χ3n) is 10.8. The van der Waals surface area contributed by atoms with Crippen molar-refractivity contribution >= 4 is 47.3 Å². The zero-order chi connectivity index (χ0) is 47.3. The summed E-state index contributed by atoms with van der Waals surface area (Å²) < 4.78 is 0. The topological polar surface area (TPSA) is 360 Å². The molecule has 0 fully saturated rings. The highest BCUT2D eigenvalue weighted by Crippen LogP contribution is 2.20. The lowest BCUT2D eigenvalue weighted by molar-refractivity contribution is -0.139. The first kappa shape index (κ1) is 53.5. The van der Waals surface area contributed by atoms with E-state index in [4.69, 9.17) is 17.2 Å². The smallest absolute Gasteiger partial charge is 0.246 e. The summed E-state index contributed by atoms with van der Waals surface area (Å²) in [4.78, 5) is 107. The van der Waals surface area contributed by atoms with E-state index in [0.717, 1.165) is 0 Å². The molecule has 0 aromatic heterocycles. The van der Waals surface area contributed by atoms with Gasteiger partial charge in [-0.3, -0.25) is 38.4 Å².